The van der Waals surface area contributed by atoms with Crippen LogP contribution in [-0.4, -0.2) is 88.6 Å². The van der Waals surface area contributed by atoms with Crippen LogP contribution >= 0.6 is 0 Å². The lowest BCUT2D eigenvalue weighted by molar-refractivity contribution is -0.313. The summed E-state index contributed by atoms with van der Waals surface area (Å²) in [7, 11) is 1.77. The Labute approximate surface area is 149 Å². The minimum absolute atomic E-state index is 0.00323. The van der Waals surface area contributed by atoms with Gasteiger partial charge in [0.2, 0.25) is 0 Å². The number of ether oxygens (including phenoxy) is 3. The zero-order valence-corrected chi connectivity index (χ0v) is 15.6. The molecule has 5 N–H and O–H groups in total. The molecule has 2 aliphatic rings. The van der Waals surface area contributed by atoms with Crippen LogP contribution in [-0.2, 0) is 14.2 Å². The van der Waals surface area contributed by atoms with Crippen LogP contribution in [0.15, 0.2) is 0 Å². The molecule has 0 saturated carbocycles. The number of likely N-dealkylation sites (N-methyl/N-ethyl adjacent to an activating group) is 1. The van der Waals surface area contributed by atoms with E-state index in [1.54, 1.807) is 14.0 Å². The molecule has 0 aromatic carbocycles. The fraction of sp³-hybridized carbons (Fsp3) is 1.00. The van der Waals surface area contributed by atoms with E-state index < -0.39 is 54.6 Å². The lowest BCUT2D eigenvalue weighted by Gasteiger charge is -2.49. The van der Waals surface area contributed by atoms with Crippen molar-refractivity contribution < 1.29 is 34.6 Å². The molecule has 0 radical (unpaired) electrons. The average molecular weight is 363 g/mol. The van der Waals surface area contributed by atoms with Gasteiger partial charge in [0, 0.05) is 12.0 Å². The molecule has 2 saturated heterocycles. The highest BCUT2D eigenvalue weighted by molar-refractivity contribution is 4.99. The minimum Gasteiger partial charge on any atom is -0.394 e. The molecule has 0 aromatic heterocycles. The van der Waals surface area contributed by atoms with Crippen LogP contribution in [0.25, 0.3) is 0 Å². The van der Waals surface area contributed by atoms with Gasteiger partial charge in [0.05, 0.1) is 24.9 Å². The van der Waals surface area contributed by atoms with Crippen LogP contribution in [0.1, 0.15) is 34.1 Å². The van der Waals surface area contributed by atoms with Crippen LogP contribution in [0, 0.1) is 5.92 Å². The quantitative estimate of drug-likeness (QED) is 0.421. The molecule has 0 bridgehead atoms. The SMILES string of the molecule is CN[C@@]1(C)C[C@H](O[C@@H]2[C@@H](O)[C@H](O)[C@@H](CO)O[C@H]2C(C)C)O[C@@H](C)[C@H]1O. The second-order valence-corrected chi connectivity index (χ2v) is 7.73. The van der Waals surface area contributed by atoms with E-state index in [0.717, 1.165) is 0 Å². The van der Waals surface area contributed by atoms with Crippen molar-refractivity contribution in [3.05, 3.63) is 0 Å². The summed E-state index contributed by atoms with van der Waals surface area (Å²) in [5.74, 6) is 0.00323. The molecule has 0 aliphatic carbocycles. The number of hydrogen-bond acceptors (Lipinski definition) is 8. The number of nitrogens with one attached hydrogen (secondary N) is 1. The van der Waals surface area contributed by atoms with E-state index in [0.29, 0.717) is 6.42 Å². The first-order valence-corrected chi connectivity index (χ1v) is 8.95. The summed E-state index contributed by atoms with van der Waals surface area (Å²) in [6.45, 7) is 7.12. The number of aliphatic hydroxyl groups is 4. The Balaban J connectivity index is 2.15. The van der Waals surface area contributed by atoms with Crippen LogP contribution in [0.3, 0.4) is 0 Å². The molecule has 0 amide bonds. The van der Waals surface area contributed by atoms with Gasteiger partial charge in [-0.15, -0.1) is 0 Å². The molecule has 2 aliphatic heterocycles. The van der Waals surface area contributed by atoms with Crippen LogP contribution in [0.5, 0.6) is 0 Å². The predicted molar refractivity (Wildman–Crippen MR) is 89.9 cm³/mol. The van der Waals surface area contributed by atoms with Gasteiger partial charge in [-0.05, 0) is 26.8 Å². The molecular formula is C17H33NO7. The molecule has 148 valence electrons. The molecule has 0 unspecified atom stereocenters. The standard InChI is InChI=1S/C17H33NO7/c1-8(2)14-15(13(21)12(20)10(7-19)24-14)25-11-6-17(4,18-5)16(22)9(3)23-11/h8-16,18-22H,6-7H2,1-5H3/t9-,10+,11-,12+,13-,14-,15+,16+,17-/m0/s1. The second kappa shape index (κ2) is 8.14. The van der Waals surface area contributed by atoms with Gasteiger partial charge in [0.25, 0.3) is 0 Å². The van der Waals surface area contributed by atoms with Crippen LogP contribution in [0.2, 0.25) is 0 Å². The summed E-state index contributed by atoms with van der Waals surface area (Å²) in [6, 6.07) is 0. The Hall–Kier alpha value is -0.320. The minimum atomic E-state index is -1.24. The van der Waals surface area contributed by atoms with E-state index in [1.165, 1.54) is 0 Å². The smallest absolute Gasteiger partial charge is 0.160 e. The normalized spacial score (nSPS) is 48.7. The van der Waals surface area contributed by atoms with Crippen molar-refractivity contribution in [2.45, 2.75) is 88.7 Å². The summed E-state index contributed by atoms with van der Waals surface area (Å²) < 4.78 is 17.5. The Morgan fingerprint density at radius 2 is 1.84 bits per heavy atom. The lowest BCUT2D eigenvalue weighted by atomic mass is 9.85. The van der Waals surface area contributed by atoms with Crippen molar-refractivity contribution >= 4 is 0 Å². The first-order valence-electron chi connectivity index (χ1n) is 8.95. The van der Waals surface area contributed by atoms with E-state index >= 15 is 0 Å². The first-order chi connectivity index (χ1) is 11.6. The van der Waals surface area contributed by atoms with Crippen molar-refractivity contribution in [2.75, 3.05) is 13.7 Å². The van der Waals surface area contributed by atoms with Crippen LogP contribution in [0.4, 0.5) is 0 Å². The van der Waals surface area contributed by atoms with E-state index in [1.807, 2.05) is 20.8 Å². The Morgan fingerprint density at radius 1 is 1.20 bits per heavy atom. The van der Waals surface area contributed by atoms with Crippen molar-refractivity contribution in [1.82, 2.24) is 5.32 Å². The molecule has 0 aromatic rings. The van der Waals surface area contributed by atoms with Crippen LogP contribution < -0.4 is 5.32 Å². The molecule has 8 nitrogen and oxygen atoms in total. The van der Waals surface area contributed by atoms with Crippen molar-refractivity contribution in [2.24, 2.45) is 5.92 Å². The highest BCUT2D eigenvalue weighted by Gasteiger charge is 2.50. The van der Waals surface area contributed by atoms with Gasteiger partial charge in [0.1, 0.15) is 24.4 Å². The van der Waals surface area contributed by atoms with Crippen molar-refractivity contribution in [3.63, 3.8) is 0 Å². The zero-order chi connectivity index (χ0) is 18.9. The Bertz CT molecular complexity index is 437. The molecule has 25 heavy (non-hydrogen) atoms. The molecule has 2 rings (SSSR count). The van der Waals surface area contributed by atoms with Gasteiger partial charge < -0.3 is 40.0 Å². The third-order valence-electron chi connectivity index (χ3n) is 5.49. The summed E-state index contributed by atoms with van der Waals surface area (Å²) >= 11 is 0. The number of hydrogen-bond donors (Lipinski definition) is 5. The second-order valence-electron chi connectivity index (χ2n) is 7.73. The fourth-order valence-electron chi connectivity index (χ4n) is 3.67. The maximum absolute atomic E-state index is 10.5. The van der Waals surface area contributed by atoms with Gasteiger partial charge in [-0.25, -0.2) is 0 Å². The summed E-state index contributed by atoms with van der Waals surface area (Å²) in [5.41, 5.74) is -0.595. The highest BCUT2D eigenvalue weighted by Crippen LogP contribution is 2.34. The van der Waals surface area contributed by atoms with E-state index in [-0.39, 0.29) is 12.5 Å². The molecule has 2 fully saturated rings. The summed E-state index contributed by atoms with van der Waals surface area (Å²) in [6.07, 6.45) is -6.04. The zero-order valence-electron chi connectivity index (χ0n) is 15.6. The molecule has 0 spiro atoms. The molecule has 8 heteroatoms. The Morgan fingerprint density at radius 3 is 2.36 bits per heavy atom. The molecule has 2 heterocycles. The third-order valence-corrected chi connectivity index (χ3v) is 5.49. The topological polar surface area (TPSA) is 121 Å². The summed E-state index contributed by atoms with van der Waals surface area (Å²) in [4.78, 5) is 0. The maximum Gasteiger partial charge on any atom is 0.160 e. The third kappa shape index (κ3) is 4.17. The van der Waals surface area contributed by atoms with Crippen molar-refractivity contribution in [1.29, 1.82) is 0 Å². The maximum atomic E-state index is 10.5. The fourth-order valence-corrected chi connectivity index (χ4v) is 3.67. The van der Waals surface area contributed by atoms with Gasteiger partial charge >= 0.3 is 0 Å². The van der Waals surface area contributed by atoms with Gasteiger partial charge in [-0.1, -0.05) is 13.8 Å². The predicted octanol–water partition coefficient (Wildman–Crippen LogP) is -1.02. The van der Waals surface area contributed by atoms with E-state index in [9.17, 15) is 20.4 Å². The first kappa shape index (κ1) is 21.0. The largest absolute Gasteiger partial charge is 0.394 e. The number of aliphatic hydroxyl groups excluding tert-OH is 4. The van der Waals surface area contributed by atoms with Gasteiger partial charge in [-0.3, -0.25) is 0 Å². The van der Waals surface area contributed by atoms with Gasteiger partial charge in [0.15, 0.2) is 6.29 Å². The lowest BCUT2D eigenvalue weighted by Crippen LogP contribution is -2.65. The molecule has 9 atom stereocenters. The van der Waals surface area contributed by atoms with Gasteiger partial charge in [-0.2, -0.15) is 0 Å². The Kier molecular flexibility index (Phi) is 6.83. The number of rotatable bonds is 5. The van der Waals surface area contributed by atoms with E-state index in [4.69, 9.17) is 14.2 Å². The highest BCUT2D eigenvalue weighted by atomic mass is 16.7. The monoisotopic (exact) mass is 363 g/mol. The van der Waals surface area contributed by atoms with E-state index in [2.05, 4.69) is 5.32 Å². The van der Waals surface area contributed by atoms with Crippen molar-refractivity contribution in [3.8, 4) is 0 Å². The average Bonchev–Trinajstić information content (AvgIpc) is 2.56. The summed E-state index contributed by atoms with van der Waals surface area (Å²) in [5, 5.41) is 43.5. The molecular weight excluding hydrogens is 330 g/mol.